The molecule has 2 rings (SSSR count). The van der Waals surface area contributed by atoms with E-state index in [0.717, 1.165) is 30.0 Å². The van der Waals surface area contributed by atoms with Gasteiger partial charge < -0.3 is 10.1 Å². The van der Waals surface area contributed by atoms with Gasteiger partial charge in [0.15, 0.2) is 0 Å². The second kappa shape index (κ2) is 11.5. The fraction of sp³-hybridized carbons (Fsp3) is 0.500. The summed E-state index contributed by atoms with van der Waals surface area (Å²) in [6.07, 6.45) is 4.60. The Morgan fingerprint density at radius 1 is 1.10 bits per heavy atom. The van der Waals surface area contributed by atoms with Crippen LogP contribution in [0.25, 0.3) is 0 Å². The summed E-state index contributed by atoms with van der Waals surface area (Å²) in [6, 6.07) is 14.7. The Morgan fingerprint density at radius 3 is 2.40 bits per heavy atom. The van der Waals surface area contributed by atoms with Crippen molar-refractivity contribution < 1.29 is 9.53 Å². The topological polar surface area (TPSA) is 38.3 Å². The van der Waals surface area contributed by atoms with Crippen molar-refractivity contribution in [3.8, 4) is 5.75 Å². The number of nitrogens with one attached hydrogen (secondary N) is 1. The lowest BCUT2D eigenvalue weighted by Gasteiger charge is -2.20. The van der Waals surface area contributed by atoms with Gasteiger partial charge in [-0.25, -0.2) is 0 Å². The minimum Gasteiger partial charge on any atom is -0.497 e. The number of anilines is 1. The smallest absolute Gasteiger partial charge is 0.229 e. The van der Waals surface area contributed by atoms with Crippen molar-refractivity contribution in [3.05, 3.63) is 53.6 Å². The molecular weight excluding hydrogens is 390 g/mol. The zero-order valence-electron chi connectivity index (χ0n) is 19.4. The molecule has 0 saturated heterocycles. The van der Waals surface area contributed by atoms with E-state index in [0.29, 0.717) is 5.92 Å². The summed E-state index contributed by atoms with van der Waals surface area (Å²) in [5.74, 6) is 2.51. The first-order valence-corrected chi connectivity index (χ1v) is 11.9. The van der Waals surface area contributed by atoms with Crippen LogP contribution in [0, 0.1) is 11.3 Å². The number of ether oxygens (including phenoxy) is 1. The SMILES string of the molecule is CCCC(C)CCc1ccc(SCc2ccc(OC)cc2)cc1NC(=O)C(C)(C)C. The number of amides is 1. The normalized spacial score (nSPS) is 12.5. The minimum atomic E-state index is -0.418. The summed E-state index contributed by atoms with van der Waals surface area (Å²) >= 11 is 1.78. The predicted molar refractivity (Wildman–Crippen MR) is 129 cm³/mol. The van der Waals surface area contributed by atoms with Crippen molar-refractivity contribution in [2.24, 2.45) is 11.3 Å². The molecule has 1 N–H and O–H groups in total. The molecular formula is C26H37NO2S. The van der Waals surface area contributed by atoms with Crippen molar-refractivity contribution in [1.29, 1.82) is 0 Å². The molecule has 0 aliphatic heterocycles. The Labute approximate surface area is 187 Å². The Morgan fingerprint density at radius 2 is 1.80 bits per heavy atom. The van der Waals surface area contributed by atoms with Gasteiger partial charge in [-0.3, -0.25) is 4.79 Å². The Hall–Kier alpha value is -1.94. The maximum Gasteiger partial charge on any atom is 0.229 e. The Balaban J connectivity index is 2.14. The van der Waals surface area contributed by atoms with E-state index in [9.17, 15) is 4.79 Å². The highest BCUT2D eigenvalue weighted by molar-refractivity contribution is 7.98. The van der Waals surface area contributed by atoms with Gasteiger partial charge in [-0.05, 0) is 54.2 Å². The van der Waals surface area contributed by atoms with Gasteiger partial charge in [-0.15, -0.1) is 11.8 Å². The maximum absolute atomic E-state index is 12.6. The summed E-state index contributed by atoms with van der Waals surface area (Å²) < 4.78 is 5.23. The van der Waals surface area contributed by atoms with E-state index in [1.807, 2.05) is 32.9 Å². The highest BCUT2D eigenvalue weighted by atomic mass is 32.2. The van der Waals surface area contributed by atoms with Crippen LogP contribution in [0.15, 0.2) is 47.4 Å². The first kappa shape index (κ1) is 24.3. The van der Waals surface area contributed by atoms with E-state index >= 15 is 0 Å². The molecule has 4 heteroatoms. The van der Waals surface area contributed by atoms with E-state index in [2.05, 4.69) is 49.5 Å². The fourth-order valence-electron chi connectivity index (χ4n) is 3.22. The van der Waals surface area contributed by atoms with Crippen LogP contribution in [0.3, 0.4) is 0 Å². The van der Waals surface area contributed by atoms with Gasteiger partial charge in [-0.1, -0.05) is 65.7 Å². The lowest BCUT2D eigenvalue weighted by Crippen LogP contribution is -2.28. The molecule has 0 radical (unpaired) electrons. The molecule has 1 atom stereocenters. The molecule has 30 heavy (non-hydrogen) atoms. The monoisotopic (exact) mass is 427 g/mol. The second-order valence-corrected chi connectivity index (χ2v) is 10.1. The van der Waals surface area contributed by atoms with Gasteiger partial charge in [0.2, 0.25) is 5.91 Å². The molecule has 0 bridgehead atoms. The van der Waals surface area contributed by atoms with Crippen LogP contribution in [0.2, 0.25) is 0 Å². The molecule has 0 aliphatic rings. The van der Waals surface area contributed by atoms with Crippen LogP contribution in [0.4, 0.5) is 5.69 Å². The standard InChI is InChI=1S/C26H37NO2S/c1-7-8-19(2)9-12-21-13-16-23(17-24(21)27-25(28)26(3,4)5)30-18-20-10-14-22(29-6)15-11-20/h10-11,13-17,19H,7-9,12,18H2,1-6H3,(H,27,28). The molecule has 164 valence electrons. The third kappa shape index (κ3) is 7.71. The van der Waals surface area contributed by atoms with Crippen molar-refractivity contribution in [3.63, 3.8) is 0 Å². The van der Waals surface area contributed by atoms with E-state index in [-0.39, 0.29) is 5.91 Å². The summed E-state index contributed by atoms with van der Waals surface area (Å²) in [5.41, 5.74) is 3.01. The largest absolute Gasteiger partial charge is 0.497 e. The minimum absolute atomic E-state index is 0.0580. The highest BCUT2D eigenvalue weighted by Crippen LogP contribution is 2.30. The molecule has 2 aromatic carbocycles. The molecule has 0 aromatic heterocycles. The molecule has 0 saturated carbocycles. The van der Waals surface area contributed by atoms with Crippen LogP contribution in [-0.2, 0) is 17.0 Å². The molecule has 0 heterocycles. The first-order chi connectivity index (χ1) is 14.2. The number of benzene rings is 2. The first-order valence-electron chi connectivity index (χ1n) is 10.9. The number of rotatable bonds is 10. The van der Waals surface area contributed by atoms with Crippen molar-refractivity contribution in [1.82, 2.24) is 0 Å². The van der Waals surface area contributed by atoms with Crippen LogP contribution >= 0.6 is 11.8 Å². The van der Waals surface area contributed by atoms with Crippen LogP contribution in [0.1, 0.15) is 65.0 Å². The molecule has 0 spiro atoms. The molecule has 1 amide bonds. The van der Waals surface area contributed by atoms with E-state index in [1.54, 1.807) is 18.9 Å². The third-order valence-corrected chi connectivity index (χ3v) is 6.33. The number of carbonyl (C=O) groups is 1. The zero-order chi connectivity index (χ0) is 22.1. The number of methoxy groups -OCH3 is 1. The van der Waals surface area contributed by atoms with E-state index in [4.69, 9.17) is 4.74 Å². The van der Waals surface area contributed by atoms with Gasteiger partial charge in [0, 0.05) is 21.8 Å². The molecule has 1 unspecified atom stereocenters. The van der Waals surface area contributed by atoms with Gasteiger partial charge in [-0.2, -0.15) is 0 Å². The second-order valence-electron chi connectivity index (χ2n) is 9.09. The average Bonchev–Trinajstić information content (AvgIpc) is 2.71. The van der Waals surface area contributed by atoms with Crippen LogP contribution < -0.4 is 10.1 Å². The van der Waals surface area contributed by atoms with E-state index < -0.39 is 5.41 Å². The number of aryl methyl sites for hydroxylation is 1. The number of hydrogen-bond donors (Lipinski definition) is 1. The Kier molecular flexibility index (Phi) is 9.29. The Bertz CT molecular complexity index is 809. The predicted octanol–water partition coefficient (Wildman–Crippen LogP) is 7.34. The van der Waals surface area contributed by atoms with Gasteiger partial charge in [0.1, 0.15) is 5.75 Å². The molecule has 0 aliphatic carbocycles. The zero-order valence-corrected chi connectivity index (χ0v) is 20.2. The third-order valence-electron chi connectivity index (χ3n) is 5.26. The van der Waals surface area contributed by atoms with Crippen LogP contribution in [0.5, 0.6) is 5.75 Å². The van der Waals surface area contributed by atoms with Crippen molar-refractivity contribution in [2.75, 3.05) is 12.4 Å². The number of carbonyl (C=O) groups excluding carboxylic acids is 1. The number of thioether (sulfide) groups is 1. The summed E-state index contributed by atoms with van der Waals surface area (Å²) in [7, 11) is 1.68. The van der Waals surface area contributed by atoms with Crippen molar-refractivity contribution in [2.45, 2.75) is 71.0 Å². The van der Waals surface area contributed by atoms with Crippen molar-refractivity contribution >= 4 is 23.4 Å². The van der Waals surface area contributed by atoms with Gasteiger partial charge in [0.05, 0.1) is 7.11 Å². The quantitative estimate of drug-likeness (QED) is 0.403. The lowest BCUT2D eigenvalue weighted by molar-refractivity contribution is -0.123. The average molecular weight is 428 g/mol. The summed E-state index contributed by atoms with van der Waals surface area (Å²) in [6.45, 7) is 10.4. The molecule has 0 fully saturated rings. The fourth-order valence-corrected chi connectivity index (χ4v) is 4.11. The summed E-state index contributed by atoms with van der Waals surface area (Å²) in [4.78, 5) is 13.8. The lowest BCUT2D eigenvalue weighted by atomic mass is 9.94. The van der Waals surface area contributed by atoms with Gasteiger partial charge >= 0.3 is 0 Å². The maximum atomic E-state index is 12.6. The number of hydrogen-bond acceptors (Lipinski definition) is 3. The molecule has 3 nitrogen and oxygen atoms in total. The van der Waals surface area contributed by atoms with Crippen LogP contribution in [-0.4, -0.2) is 13.0 Å². The van der Waals surface area contributed by atoms with Gasteiger partial charge in [0.25, 0.3) is 0 Å². The highest BCUT2D eigenvalue weighted by Gasteiger charge is 2.22. The van der Waals surface area contributed by atoms with E-state index in [1.165, 1.54) is 28.9 Å². The summed E-state index contributed by atoms with van der Waals surface area (Å²) in [5, 5.41) is 3.19. The molecule has 2 aromatic rings.